The molecule has 3 heteroatoms. The Labute approximate surface area is 95.6 Å². The lowest BCUT2D eigenvalue weighted by Crippen LogP contribution is -2.44. The van der Waals surface area contributed by atoms with Crippen molar-refractivity contribution in [2.24, 2.45) is 5.41 Å². The normalized spacial score (nSPS) is 17.2. The molecule has 0 radical (unpaired) electrons. The first-order valence-corrected chi connectivity index (χ1v) is 5.38. The third kappa shape index (κ3) is 2.53. The summed E-state index contributed by atoms with van der Waals surface area (Å²) in [6.07, 6.45) is 0.450. The average Bonchev–Trinajstić information content (AvgIpc) is 2.26. The van der Waals surface area contributed by atoms with Crippen LogP contribution in [0.2, 0.25) is 0 Å². The first-order valence-electron chi connectivity index (χ1n) is 5.38. The van der Waals surface area contributed by atoms with Crippen molar-refractivity contribution in [3.63, 3.8) is 0 Å². The second kappa shape index (κ2) is 4.54. The predicted molar refractivity (Wildman–Crippen MR) is 60.2 cm³/mol. The minimum Gasteiger partial charge on any atom is -0.493 e. The number of rotatable bonds is 4. The van der Waals surface area contributed by atoms with Crippen LogP contribution in [0.4, 0.5) is 0 Å². The highest BCUT2D eigenvalue weighted by atomic mass is 16.5. The molecule has 0 N–H and O–H groups in total. The quantitative estimate of drug-likeness (QED) is 0.776. The van der Waals surface area contributed by atoms with E-state index < -0.39 is 0 Å². The molecule has 0 aliphatic carbocycles. The Morgan fingerprint density at radius 3 is 2.56 bits per heavy atom. The molecule has 1 aromatic carbocycles. The van der Waals surface area contributed by atoms with Gasteiger partial charge in [-0.1, -0.05) is 19.1 Å². The maximum absolute atomic E-state index is 8.54. The van der Waals surface area contributed by atoms with Crippen molar-refractivity contribution in [3.8, 4) is 11.8 Å². The molecular weight excluding hydrogens is 202 g/mol. The summed E-state index contributed by atoms with van der Waals surface area (Å²) in [5, 5.41) is 8.54. The monoisotopic (exact) mass is 217 g/mol. The first kappa shape index (κ1) is 11.0. The molecule has 0 amide bonds. The summed E-state index contributed by atoms with van der Waals surface area (Å²) in [4.78, 5) is 0. The van der Waals surface area contributed by atoms with Gasteiger partial charge in [-0.25, -0.2) is 0 Å². The molecule has 0 atom stereocenters. The fraction of sp³-hybridized carbons (Fsp3) is 0.462. The molecule has 3 nitrogen and oxygen atoms in total. The molecule has 1 heterocycles. The van der Waals surface area contributed by atoms with E-state index in [-0.39, 0.29) is 5.41 Å². The Kier molecular flexibility index (Phi) is 3.12. The third-order valence-corrected chi connectivity index (χ3v) is 2.69. The molecule has 16 heavy (non-hydrogen) atoms. The maximum atomic E-state index is 8.54. The minimum absolute atomic E-state index is 0.172. The highest BCUT2D eigenvalue weighted by Gasteiger charge is 2.34. The van der Waals surface area contributed by atoms with E-state index in [1.54, 1.807) is 0 Å². The number of benzene rings is 1. The summed E-state index contributed by atoms with van der Waals surface area (Å²) in [7, 11) is 0. The Hall–Kier alpha value is -1.53. The zero-order chi connectivity index (χ0) is 11.4. The Morgan fingerprint density at radius 1 is 1.38 bits per heavy atom. The molecule has 1 aromatic rings. The number of hydrogen-bond acceptors (Lipinski definition) is 3. The van der Waals surface area contributed by atoms with Crippen LogP contribution in [0.15, 0.2) is 24.3 Å². The molecule has 1 aliphatic heterocycles. The van der Waals surface area contributed by atoms with Gasteiger partial charge in [0.15, 0.2) is 0 Å². The summed E-state index contributed by atoms with van der Waals surface area (Å²) < 4.78 is 10.8. The van der Waals surface area contributed by atoms with E-state index in [4.69, 9.17) is 14.7 Å². The van der Waals surface area contributed by atoms with Crippen molar-refractivity contribution in [1.29, 1.82) is 5.26 Å². The minimum atomic E-state index is 0.172. The molecule has 1 aliphatic rings. The van der Waals surface area contributed by atoms with E-state index >= 15 is 0 Å². The summed E-state index contributed by atoms with van der Waals surface area (Å²) in [6.45, 7) is 4.39. The Balaban J connectivity index is 1.88. The standard InChI is InChI=1S/C13H15NO2/c1-13(8-15-9-13)10-16-12-4-2-11(3-5-12)6-7-14/h2-5H,6,8-10H2,1H3. The average molecular weight is 217 g/mol. The molecular formula is C13H15NO2. The van der Waals surface area contributed by atoms with Crippen molar-refractivity contribution in [3.05, 3.63) is 29.8 Å². The highest BCUT2D eigenvalue weighted by molar-refractivity contribution is 5.28. The predicted octanol–water partition coefficient (Wildman–Crippen LogP) is 2.17. The zero-order valence-electron chi connectivity index (χ0n) is 9.40. The highest BCUT2D eigenvalue weighted by Crippen LogP contribution is 2.27. The van der Waals surface area contributed by atoms with Gasteiger partial charge in [0.2, 0.25) is 0 Å². The van der Waals surface area contributed by atoms with E-state index in [9.17, 15) is 0 Å². The van der Waals surface area contributed by atoms with Gasteiger partial charge in [-0.15, -0.1) is 0 Å². The number of hydrogen-bond donors (Lipinski definition) is 0. The van der Waals surface area contributed by atoms with Crippen LogP contribution in [0.25, 0.3) is 0 Å². The lowest BCUT2D eigenvalue weighted by Gasteiger charge is -2.37. The van der Waals surface area contributed by atoms with E-state index in [1.807, 2.05) is 24.3 Å². The van der Waals surface area contributed by atoms with Gasteiger partial charge in [0.05, 0.1) is 32.3 Å². The SMILES string of the molecule is CC1(COc2ccc(CC#N)cc2)COC1. The van der Waals surface area contributed by atoms with Gasteiger partial charge >= 0.3 is 0 Å². The number of nitriles is 1. The van der Waals surface area contributed by atoms with Crippen LogP contribution in [-0.4, -0.2) is 19.8 Å². The van der Waals surface area contributed by atoms with Gasteiger partial charge in [-0.3, -0.25) is 0 Å². The number of ether oxygens (including phenoxy) is 2. The van der Waals surface area contributed by atoms with E-state index in [0.29, 0.717) is 13.0 Å². The Bertz CT molecular complexity index is 387. The van der Waals surface area contributed by atoms with Gasteiger partial charge in [-0.05, 0) is 17.7 Å². The topological polar surface area (TPSA) is 42.2 Å². The van der Waals surface area contributed by atoms with E-state index in [1.165, 1.54) is 0 Å². The molecule has 1 fully saturated rings. The lowest BCUT2D eigenvalue weighted by molar-refractivity contribution is -0.120. The number of nitrogens with zero attached hydrogens (tertiary/aromatic N) is 1. The van der Waals surface area contributed by atoms with Crippen LogP contribution in [0, 0.1) is 16.7 Å². The molecule has 2 rings (SSSR count). The largest absolute Gasteiger partial charge is 0.493 e. The summed E-state index contributed by atoms with van der Waals surface area (Å²) in [6, 6.07) is 9.80. The fourth-order valence-electron chi connectivity index (χ4n) is 1.59. The lowest BCUT2D eigenvalue weighted by atomic mass is 9.90. The second-order valence-corrected chi connectivity index (χ2v) is 4.57. The van der Waals surface area contributed by atoms with Crippen LogP contribution >= 0.6 is 0 Å². The van der Waals surface area contributed by atoms with Crippen LogP contribution in [-0.2, 0) is 11.2 Å². The third-order valence-electron chi connectivity index (χ3n) is 2.69. The van der Waals surface area contributed by atoms with Crippen molar-refractivity contribution >= 4 is 0 Å². The van der Waals surface area contributed by atoms with Crippen LogP contribution < -0.4 is 4.74 Å². The second-order valence-electron chi connectivity index (χ2n) is 4.57. The van der Waals surface area contributed by atoms with Crippen molar-refractivity contribution in [2.45, 2.75) is 13.3 Å². The fourth-order valence-corrected chi connectivity index (χ4v) is 1.59. The van der Waals surface area contributed by atoms with Crippen LogP contribution in [0.5, 0.6) is 5.75 Å². The van der Waals surface area contributed by atoms with Gasteiger partial charge in [0, 0.05) is 5.41 Å². The van der Waals surface area contributed by atoms with Gasteiger partial charge in [0.25, 0.3) is 0 Å². The summed E-state index contributed by atoms with van der Waals surface area (Å²) in [5.74, 6) is 0.856. The smallest absolute Gasteiger partial charge is 0.119 e. The van der Waals surface area contributed by atoms with Crippen LogP contribution in [0.1, 0.15) is 12.5 Å². The molecule has 1 saturated heterocycles. The molecule has 0 unspecified atom stereocenters. The molecule has 0 saturated carbocycles. The molecule has 0 aromatic heterocycles. The van der Waals surface area contributed by atoms with Gasteiger partial charge < -0.3 is 9.47 Å². The van der Waals surface area contributed by atoms with E-state index in [0.717, 1.165) is 24.5 Å². The zero-order valence-corrected chi connectivity index (χ0v) is 9.40. The van der Waals surface area contributed by atoms with Crippen LogP contribution in [0.3, 0.4) is 0 Å². The molecule has 84 valence electrons. The van der Waals surface area contributed by atoms with Crippen molar-refractivity contribution in [1.82, 2.24) is 0 Å². The van der Waals surface area contributed by atoms with Gasteiger partial charge in [-0.2, -0.15) is 5.26 Å². The van der Waals surface area contributed by atoms with Gasteiger partial charge in [0.1, 0.15) is 5.75 Å². The molecule has 0 spiro atoms. The molecule has 0 bridgehead atoms. The van der Waals surface area contributed by atoms with Crippen molar-refractivity contribution < 1.29 is 9.47 Å². The summed E-state index contributed by atoms with van der Waals surface area (Å²) >= 11 is 0. The Morgan fingerprint density at radius 2 is 2.06 bits per heavy atom. The van der Waals surface area contributed by atoms with E-state index in [2.05, 4.69) is 13.0 Å². The first-order chi connectivity index (χ1) is 7.72. The van der Waals surface area contributed by atoms with Crippen molar-refractivity contribution in [2.75, 3.05) is 19.8 Å². The maximum Gasteiger partial charge on any atom is 0.119 e. The summed E-state index contributed by atoms with van der Waals surface area (Å²) in [5.41, 5.74) is 1.19.